The third kappa shape index (κ3) is 2.74. The normalized spacial score (nSPS) is 61.8. The number of hydrogen-bond acceptors (Lipinski definition) is 5. The van der Waals surface area contributed by atoms with E-state index in [-0.39, 0.29) is 22.9 Å². The molecule has 32 heavy (non-hydrogen) atoms. The number of ketones is 1. The number of fused-ring (bicyclic) bond motifs is 7. The minimum atomic E-state index is -0.753. The molecule has 13 atom stereocenters. The lowest BCUT2D eigenvalue weighted by molar-refractivity contribution is -0.273. The highest BCUT2D eigenvalue weighted by Crippen LogP contribution is 2.71. The number of hydrogen-bond donors (Lipinski definition) is 2. The molecule has 2 N–H and O–H groups in total. The van der Waals surface area contributed by atoms with Crippen molar-refractivity contribution in [3.8, 4) is 0 Å². The summed E-state index contributed by atoms with van der Waals surface area (Å²) in [5.74, 6) is 2.69. The van der Waals surface area contributed by atoms with E-state index in [2.05, 4.69) is 27.7 Å². The number of carbonyl (C=O) groups excluding carboxylic acids is 1. The lowest BCUT2D eigenvalue weighted by atomic mass is 9.44. The van der Waals surface area contributed by atoms with E-state index in [1.54, 1.807) is 0 Å². The molecule has 6 aliphatic rings. The first-order chi connectivity index (χ1) is 15.1. The summed E-state index contributed by atoms with van der Waals surface area (Å²) in [5, 5.41) is 20.8. The van der Waals surface area contributed by atoms with Gasteiger partial charge in [-0.2, -0.15) is 0 Å². The van der Waals surface area contributed by atoms with Crippen LogP contribution in [0.5, 0.6) is 0 Å². The van der Waals surface area contributed by atoms with Crippen molar-refractivity contribution in [2.75, 3.05) is 6.61 Å². The first-order valence-corrected chi connectivity index (χ1v) is 13.3. The summed E-state index contributed by atoms with van der Waals surface area (Å²) in [7, 11) is 0. The van der Waals surface area contributed by atoms with Crippen molar-refractivity contribution in [2.24, 2.45) is 52.3 Å². The third-order valence-electron chi connectivity index (χ3n) is 11.7. The fraction of sp³-hybridized carbons (Fsp3) is 0.963. The molecule has 0 aromatic heterocycles. The van der Waals surface area contributed by atoms with Crippen LogP contribution < -0.4 is 0 Å². The van der Waals surface area contributed by atoms with Crippen molar-refractivity contribution < 1.29 is 24.5 Å². The van der Waals surface area contributed by atoms with Crippen LogP contribution in [-0.2, 0) is 14.3 Å². The molecule has 2 heterocycles. The van der Waals surface area contributed by atoms with E-state index < -0.39 is 18.0 Å². The van der Waals surface area contributed by atoms with Gasteiger partial charge in [0.25, 0.3) is 0 Å². The maximum Gasteiger partial charge on any atom is 0.171 e. The van der Waals surface area contributed by atoms with Crippen LogP contribution in [0.25, 0.3) is 0 Å². The molecule has 180 valence electrons. The molecule has 0 radical (unpaired) electrons. The van der Waals surface area contributed by atoms with Gasteiger partial charge in [0.1, 0.15) is 5.78 Å². The van der Waals surface area contributed by atoms with Crippen molar-refractivity contribution >= 4 is 5.78 Å². The van der Waals surface area contributed by atoms with Gasteiger partial charge < -0.3 is 19.7 Å². The summed E-state index contributed by atoms with van der Waals surface area (Å²) in [6.07, 6.45) is 5.97. The Balaban J connectivity index is 1.29. The first kappa shape index (κ1) is 22.0. The SMILES string of the molecule is C[C@@H]1CC[C@@]2(OC1)O[C@H]1C[C@H]3[C@@H]4CC(=O)[C@H]5C[C@@H](O)[C@H](O)C[C@]5(C)[C@H]4CC[C@]3(C)[C@H]1[C@@H]2C. The number of ether oxygens (including phenoxy) is 2. The zero-order valence-corrected chi connectivity index (χ0v) is 20.3. The second kappa shape index (κ2) is 7.02. The van der Waals surface area contributed by atoms with Crippen LogP contribution in [0.1, 0.15) is 79.1 Å². The van der Waals surface area contributed by atoms with E-state index in [4.69, 9.17) is 9.47 Å². The molecule has 6 fully saturated rings. The van der Waals surface area contributed by atoms with Crippen molar-refractivity contribution in [2.45, 2.75) is 103 Å². The van der Waals surface area contributed by atoms with Crippen molar-refractivity contribution in [3.05, 3.63) is 0 Å². The maximum absolute atomic E-state index is 13.4. The summed E-state index contributed by atoms with van der Waals surface area (Å²) in [4.78, 5) is 13.4. The molecule has 6 rings (SSSR count). The minimum Gasteiger partial charge on any atom is -0.390 e. The van der Waals surface area contributed by atoms with Crippen molar-refractivity contribution in [3.63, 3.8) is 0 Å². The van der Waals surface area contributed by atoms with Gasteiger partial charge in [0, 0.05) is 24.7 Å². The van der Waals surface area contributed by atoms with E-state index in [1.165, 1.54) is 12.8 Å². The Hall–Kier alpha value is -0.490. The average molecular weight is 447 g/mol. The van der Waals surface area contributed by atoms with Crippen LogP contribution in [0.15, 0.2) is 0 Å². The zero-order chi connectivity index (χ0) is 22.6. The number of rotatable bonds is 0. The van der Waals surface area contributed by atoms with E-state index >= 15 is 0 Å². The lowest BCUT2D eigenvalue weighted by Crippen LogP contribution is -2.59. The van der Waals surface area contributed by atoms with Gasteiger partial charge >= 0.3 is 0 Å². The Morgan fingerprint density at radius 2 is 1.75 bits per heavy atom. The van der Waals surface area contributed by atoms with Crippen LogP contribution in [0.2, 0.25) is 0 Å². The summed E-state index contributed by atoms with van der Waals surface area (Å²) in [6, 6.07) is 0. The van der Waals surface area contributed by atoms with Gasteiger partial charge in [-0.25, -0.2) is 0 Å². The Bertz CT molecular complexity index is 789. The second-order valence-corrected chi connectivity index (χ2v) is 13.2. The van der Waals surface area contributed by atoms with Crippen molar-refractivity contribution in [1.29, 1.82) is 0 Å². The molecule has 0 bridgehead atoms. The van der Waals surface area contributed by atoms with Crippen LogP contribution in [0.3, 0.4) is 0 Å². The Morgan fingerprint density at radius 3 is 2.47 bits per heavy atom. The van der Waals surface area contributed by atoms with E-state index in [1.807, 2.05) is 0 Å². The fourth-order valence-electron chi connectivity index (χ4n) is 10.1. The predicted molar refractivity (Wildman–Crippen MR) is 120 cm³/mol. The molecule has 4 saturated carbocycles. The highest BCUT2D eigenvalue weighted by atomic mass is 16.7. The zero-order valence-electron chi connectivity index (χ0n) is 20.3. The standard InChI is InChI=1S/C27H42O5/c1-14-5-8-27(31-13-14)15(2)24-23(32-27)11-18-16-9-20(28)19-10-21(29)22(30)12-26(19,4)17(16)6-7-25(18,24)3/h14-19,21-24,29-30H,5-13H2,1-4H3/t14-,15+,16-,17+,18+,19-,21-,22-,23+,24+,25+,26-,27-/m1/s1. The summed E-state index contributed by atoms with van der Waals surface area (Å²) < 4.78 is 13.2. The number of aliphatic hydroxyl groups excluding tert-OH is 2. The summed E-state index contributed by atoms with van der Waals surface area (Å²) >= 11 is 0. The molecule has 1 spiro atoms. The highest BCUT2D eigenvalue weighted by molar-refractivity contribution is 5.83. The predicted octanol–water partition coefficient (Wildman–Crippen LogP) is 3.94. The number of Topliss-reactive ketones (excluding diaryl/α,β-unsaturated/α-hetero) is 1. The molecule has 5 nitrogen and oxygen atoms in total. The number of aliphatic hydroxyl groups is 2. The fourth-order valence-corrected chi connectivity index (χ4v) is 10.1. The van der Waals surface area contributed by atoms with Crippen LogP contribution in [0.4, 0.5) is 0 Å². The molecule has 0 aromatic rings. The third-order valence-corrected chi connectivity index (χ3v) is 11.7. The van der Waals surface area contributed by atoms with Gasteiger partial charge in [0.2, 0.25) is 0 Å². The quantitative estimate of drug-likeness (QED) is 0.589. The minimum absolute atomic E-state index is 0.0940. The monoisotopic (exact) mass is 446 g/mol. The smallest absolute Gasteiger partial charge is 0.171 e. The summed E-state index contributed by atoms with van der Waals surface area (Å²) in [6.45, 7) is 10.2. The molecule has 0 aromatic carbocycles. The van der Waals surface area contributed by atoms with Gasteiger partial charge in [-0.15, -0.1) is 0 Å². The molecular formula is C27H42O5. The first-order valence-electron chi connectivity index (χ1n) is 13.3. The van der Waals surface area contributed by atoms with Crippen molar-refractivity contribution in [1.82, 2.24) is 0 Å². The van der Waals surface area contributed by atoms with Crippen LogP contribution in [0, 0.1) is 52.3 Å². The van der Waals surface area contributed by atoms with Gasteiger partial charge in [0.15, 0.2) is 5.79 Å². The Labute approximate surface area is 192 Å². The molecule has 0 unspecified atom stereocenters. The van der Waals surface area contributed by atoms with Gasteiger partial charge in [0.05, 0.1) is 24.9 Å². The Morgan fingerprint density at radius 1 is 0.969 bits per heavy atom. The number of carbonyl (C=O) groups is 1. The Kier molecular flexibility index (Phi) is 4.83. The molecule has 2 saturated heterocycles. The highest BCUT2D eigenvalue weighted by Gasteiger charge is 2.70. The molecule has 0 amide bonds. The van der Waals surface area contributed by atoms with Crippen LogP contribution >= 0.6 is 0 Å². The lowest BCUT2D eigenvalue weighted by Gasteiger charge is -2.61. The summed E-state index contributed by atoms with van der Waals surface area (Å²) in [5.41, 5.74) is 0.00540. The van der Waals surface area contributed by atoms with E-state index in [0.29, 0.717) is 60.6 Å². The molecule has 2 aliphatic heterocycles. The largest absolute Gasteiger partial charge is 0.390 e. The van der Waals surface area contributed by atoms with E-state index in [0.717, 1.165) is 25.9 Å². The molecular weight excluding hydrogens is 404 g/mol. The second-order valence-electron chi connectivity index (χ2n) is 13.2. The molecule has 5 heteroatoms. The topological polar surface area (TPSA) is 76.0 Å². The maximum atomic E-state index is 13.4. The van der Waals surface area contributed by atoms with Gasteiger partial charge in [-0.1, -0.05) is 27.7 Å². The van der Waals surface area contributed by atoms with Crippen LogP contribution in [-0.4, -0.2) is 46.7 Å². The van der Waals surface area contributed by atoms with E-state index in [9.17, 15) is 15.0 Å². The van der Waals surface area contributed by atoms with Gasteiger partial charge in [-0.05, 0) is 78.9 Å². The average Bonchev–Trinajstić information content (AvgIpc) is 3.18. The van der Waals surface area contributed by atoms with Gasteiger partial charge in [-0.3, -0.25) is 4.79 Å². The molecule has 4 aliphatic carbocycles.